The molecule has 1 aromatic rings. The minimum atomic E-state index is 0.00692. The molecule has 2 heteroatoms. The number of carbonyl (C=O) groups is 1. The van der Waals surface area contributed by atoms with Crippen molar-refractivity contribution >= 4 is 21.7 Å². The average molecular weight is 281 g/mol. The van der Waals surface area contributed by atoms with Gasteiger partial charge in [-0.3, -0.25) is 4.79 Å². The molecule has 1 aromatic carbocycles. The standard InChI is InChI=1S/C14H17BrO/c1-2-10-3-5-11(6-4-10)9-13(15)14(16)12-7-8-12/h3-6,12-13H,2,7-9H2,1H3. The number of rotatable bonds is 5. The molecule has 1 atom stereocenters. The van der Waals surface area contributed by atoms with E-state index in [-0.39, 0.29) is 4.83 Å². The smallest absolute Gasteiger partial charge is 0.149 e. The molecule has 1 unspecified atom stereocenters. The van der Waals surface area contributed by atoms with Crippen LogP contribution in [0, 0.1) is 5.92 Å². The molecule has 2 rings (SSSR count). The first-order valence-corrected chi connectivity index (χ1v) is 6.88. The largest absolute Gasteiger partial charge is 0.298 e. The van der Waals surface area contributed by atoms with Gasteiger partial charge >= 0.3 is 0 Å². The fourth-order valence-corrected chi connectivity index (χ4v) is 2.59. The van der Waals surface area contributed by atoms with Gasteiger partial charge in [0.05, 0.1) is 4.83 Å². The lowest BCUT2D eigenvalue weighted by molar-refractivity contribution is -0.119. The second kappa shape index (κ2) is 5.13. The van der Waals surface area contributed by atoms with E-state index in [9.17, 15) is 4.79 Å². The summed E-state index contributed by atoms with van der Waals surface area (Å²) in [5.41, 5.74) is 2.59. The molecule has 0 saturated heterocycles. The second-order valence-electron chi connectivity index (χ2n) is 4.52. The lowest BCUT2D eigenvalue weighted by Crippen LogP contribution is -2.18. The van der Waals surface area contributed by atoms with Gasteiger partial charge in [-0.05, 0) is 36.8 Å². The molecule has 1 fully saturated rings. The minimum absolute atomic E-state index is 0.00692. The molecule has 86 valence electrons. The fourth-order valence-electron chi connectivity index (χ4n) is 1.84. The van der Waals surface area contributed by atoms with Crippen molar-refractivity contribution in [2.75, 3.05) is 0 Å². The molecule has 1 aliphatic carbocycles. The van der Waals surface area contributed by atoms with Crippen LogP contribution in [0.15, 0.2) is 24.3 Å². The third-order valence-electron chi connectivity index (χ3n) is 3.13. The number of carbonyl (C=O) groups excluding carboxylic acids is 1. The molecule has 0 spiro atoms. The van der Waals surface area contributed by atoms with Crippen LogP contribution in [0.5, 0.6) is 0 Å². The van der Waals surface area contributed by atoms with Crippen molar-refractivity contribution in [1.29, 1.82) is 0 Å². The Morgan fingerprint density at radius 2 is 1.88 bits per heavy atom. The molecule has 0 amide bonds. The second-order valence-corrected chi connectivity index (χ2v) is 5.62. The number of halogens is 1. The molecule has 0 radical (unpaired) electrons. The zero-order chi connectivity index (χ0) is 11.5. The topological polar surface area (TPSA) is 17.1 Å². The number of Topliss-reactive ketones (excluding diaryl/α,β-unsaturated/α-hetero) is 1. The summed E-state index contributed by atoms with van der Waals surface area (Å²) in [6.07, 6.45) is 4.07. The molecule has 0 bridgehead atoms. The maximum absolute atomic E-state index is 11.8. The Labute approximate surface area is 105 Å². The van der Waals surface area contributed by atoms with E-state index in [4.69, 9.17) is 0 Å². The van der Waals surface area contributed by atoms with Crippen LogP contribution in [0.2, 0.25) is 0 Å². The van der Waals surface area contributed by atoms with Crippen LogP contribution in [-0.2, 0) is 17.6 Å². The van der Waals surface area contributed by atoms with Crippen molar-refractivity contribution in [2.24, 2.45) is 5.92 Å². The number of hydrogen-bond acceptors (Lipinski definition) is 1. The summed E-state index contributed by atoms with van der Waals surface area (Å²) in [5, 5.41) is 0. The highest BCUT2D eigenvalue weighted by Gasteiger charge is 2.33. The maximum Gasteiger partial charge on any atom is 0.149 e. The van der Waals surface area contributed by atoms with E-state index in [1.165, 1.54) is 11.1 Å². The normalized spacial score (nSPS) is 17.1. The predicted octanol–water partition coefficient (Wildman–Crippen LogP) is 3.53. The summed E-state index contributed by atoms with van der Waals surface area (Å²) in [6, 6.07) is 8.56. The van der Waals surface area contributed by atoms with Crippen LogP contribution in [-0.4, -0.2) is 10.6 Å². The van der Waals surface area contributed by atoms with Crippen molar-refractivity contribution in [2.45, 2.75) is 37.4 Å². The molecule has 0 aromatic heterocycles. The van der Waals surface area contributed by atoms with Gasteiger partial charge in [-0.25, -0.2) is 0 Å². The van der Waals surface area contributed by atoms with Gasteiger partial charge in [0.2, 0.25) is 0 Å². The predicted molar refractivity (Wildman–Crippen MR) is 70.0 cm³/mol. The Morgan fingerprint density at radius 1 is 1.31 bits per heavy atom. The zero-order valence-corrected chi connectivity index (χ0v) is 11.2. The monoisotopic (exact) mass is 280 g/mol. The number of alkyl halides is 1. The number of hydrogen-bond donors (Lipinski definition) is 0. The molecule has 1 nitrogen and oxygen atoms in total. The van der Waals surface area contributed by atoms with Crippen molar-refractivity contribution in [1.82, 2.24) is 0 Å². The Hall–Kier alpha value is -0.630. The minimum Gasteiger partial charge on any atom is -0.298 e. The average Bonchev–Trinajstić information content (AvgIpc) is 3.13. The third kappa shape index (κ3) is 2.94. The molecular weight excluding hydrogens is 264 g/mol. The van der Waals surface area contributed by atoms with Crippen molar-refractivity contribution in [3.63, 3.8) is 0 Å². The van der Waals surface area contributed by atoms with Gasteiger partial charge in [0.25, 0.3) is 0 Å². The molecule has 0 aliphatic heterocycles. The summed E-state index contributed by atoms with van der Waals surface area (Å²) in [4.78, 5) is 11.8. The van der Waals surface area contributed by atoms with E-state index in [1.807, 2.05) is 0 Å². The van der Waals surface area contributed by atoms with Gasteiger partial charge in [0, 0.05) is 5.92 Å². The van der Waals surface area contributed by atoms with Crippen LogP contribution < -0.4 is 0 Å². The van der Waals surface area contributed by atoms with Crippen molar-refractivity contribution < 1.29 is 4.79 Å². The van der Waals surface area contributed by atoms with Crippen molar-refractivity contribution in [3.8, 4) is 0 Å². The van der Waals surface area contributed by atoms with E-state index in [1.54, 1.807) is 0 Å². The van der Waals surface area contributed by atoms with E-state index in [0.717, 1.165) is 25.7 Å². The first kappa shape index (κ1) is 11.8. The first-order chi connectivity index (χ1) is 7.70. The van der Waals surface area contributed by atoms with Crippen LogP contribution in [0.1, 0.15) is 30.9 Å². The molecule has 0 heterocycles. The highest BCUT2D eigenvalue weighted by atomic mass is 79.9. The summed E-state index contributed by atoms with van der Waals surface area (Å²) >= 11 is 3.51. The van der Waals surface area contributed by atoms with Gasteiger partial charge in [-0.1, -0.05) is 47.1 Å². The van der Waals surface area contributed by atoms with Crippen LogP contribution in [0.3, 0.4) is 0 Å². The Balaban J connectivity index is 1.94. The fraction of sp³-hybridized carbons (Fsp3) is 0.500. The molecule has 1 saturated carbocycles. The van der Waals surface area contributed by atoms with Crippen molar-refractivity contribution in [3.05, 3.63) is 35.4 Å². The summed E-state index contributed by atoms with van der Waals surface area (Å²) < 4.78 is 0. The third-order valence-corrected chi connectivity index (χ3v) is 3.91. The van der Waals surface area contributed by atoms with Gasteiger partial charge in [-0.2, -0.15) is 0 Å². The van der Waals surface area contributed by atoms with Crippen LogP contribution >= 0.6 is 15.9 Å². The lowest BCUT2D eigenvalue weighted by Gasteiger charge is -2.08. The van der Waals surface area contributed by atoms with Crippen LogP contribution in [0.25, 0.3) is 0 Å². The quantitative estimate of drug-likeness (QED) is 0.754. The Kier molecular flexibility index (Phi) is 3.80. The zero-order valence-electron chi connectivity index (χ0n) is 9.58. The van der Waals surface area contributed by atoms with E-state index < -0.39 is 0 Å². The number of benzene rings is 1. The highest BCUT2D eigenvalue weighted by molar-refractivity contribution is 9.10. The SMILES string of the molecule is CCc1ccc(CC(Br)C(=O)C2CC2)cc1. The van der Waals surface area contributed by atoms with Crippen LogP contribution in [0.4, 0.5) is 0 Å². The number of ketones is 1. The van der Waals surface area contributed by atoms with E-state index in [0.29, 0.717) is 11.7 Å². The van der Waals surface area contributed by atoms with E-state index in [2.05, 4.69) is 47.1 Å². The van der Waals surface area contributed by atoms with Gasteiger partial charge in [-0.15, -0.1) is 0 Å². The van der Waals surface area contributed by atoms with E-state index >= 15 is 0 Å². The van der Waals surface area contributed by atoms with Gasteiger partial charge in [0.1, 0.15) is 5.78 Å². The summed E-state index contributed by atoms with van der Waals surface area (Å²) in [5.74, 6) is 0.735. The lowest BCUT2D eigenvalue weighted by atomic mass is 10.0. The van der Waals surface area contributed by atoms with Gasteiger partial charge in [0.15, 0.2) is 0 Å². The molecular formula is C14H17BrO. The first-order valence-electron chi connectivity index (χ1n) is 5.96. The Morgan fingerprint density at radius 3 is 2.38 bits per heavy atom. The van der Waals surface area contributed by atoms with Gasteiger partial charge < -0.3 is 0 Å². The molecule has 1 aliphatic rings. The summed E-state index contributed by atoms with van der Waals surface area (Å²) in [7, 11) is 0. The number of aryl methyl sites for hydroxylation is 1. The summed E-state index contributed by atoms with van der Waals surface area (Å²) in [6.45, 7) is 2.15. The Bertz CT molecular complexity index is 365. The molecule has 16 heavy (non-hydrogen) atoms. The highest BCUT2D eigenvalue weighted by Crippen LogP contribution is 2.33. The maximum atomic E-state index is 11.8. The molecule has 0 N–H and O–H groups in total.